The average Bonchev–Trinajstić information content (AvgIpc) is 2.87. The van der Waals surface area contributed by atoms with Crippen LogP contribution in [0.5, 0.6) is 0 Å². The molecule has 1 heterocycles. The second-order valence-electron chi connectivity index (χ2n) is 11.6. The van der Waals surface area contributed by atoms with Gasteiger partial charge in [-0.15, -0.1) is 0 Å². The number of carbonyl (C=O) groups excluding carboxylic acids is 2. The molecule has 0 aliphatic carbocycles. The summed E-state index contributed by atoms with van der Waals surface area (Å²) in [5.41, 5.74) is -5.28. The number of carbonyl (C=O) groups is 2. The lowest BCUT2D eigenvalue weighted by Crippen LogP contribution is -2.51. The zero-order chi connectivity index (χ0) is 34.2. The van der Waals surface area contributed by atoms with Crippen LogP contribution >= 0.6 is 0 Å². The quantitative estimate of drug-likeness (QED) is 0.291. The maximum atomic E-state index is 13.9. The average molecular weight is 657 g/mol. The van der Waals surface area contributed by atoms with Crippen molar-refractivity contribution in [2.75, 3.05) is 4.90 Å². The van der Waals surface area contributed by atoms with Crippen molar-refractivity contribution >= 4 is 17.9 Å². The summed E-state index contributed by atoms with van der Waals surface area (Å²) in [6, 6.07) is 1.08. The lowest BCUT2D eigenvalue weighted by atomic mass is 9.84. The van der Waals surface area contributed by atoms with E-state index in [0.717, 1.165) is 21.9 Å². The number of benzene rings is 2. The Hall–Kier alpha value is -3.65. The van der Waals surface area contributed by atoms with Gasteiger partial charge in [-0.05, 0) is 87.6 Å². The second kappa shape index (κ2) is 13.0. The number of fused-ring (bicyclic) bond motifs is 1. The molecule has 0 saturated carbocycles. The zero-order valence-corrected chi connectivity index (χ0v) is 25.2. The summed E-state index contributed by atoms with van der Waals surface area (Å²) in [5.74, 6) is -0.393. The third-order valence-electron chi connectivity index (χ3n) is 7.02. The van der Waals surface area contributed by atoms with E-state index in [0.29, 0.717) is 18.2 Å². The van der Waals surface area contributed by atoms with E-state index in [9.17, 15) is 49.1 Å². The smallest absolute Gasteiger partial charge is 0.416 e. The Kier molecular flexibility index (Phi) is 10.3. The Bertz CT molecular complexity index is 1350. The van der Waals surface area contributed by atoms with Gasteiger partial charge in [0.1, 0.15) is 0 Å². The van der Waals surface area contributed by atoms with Crippen LogP contribution < -0.4 is 4.90 Å². The molecule has 2 aromatic rings. The number of nitrogens with zero attached hydrogens (tertiary/aromatic N) is 2. The van der Waals surface area contributed by atoms with E-state index in [1.165, 1.54) is 13.8 Å². The van der Waals surface area contributed by atoms with Crippen molar-refractivity contribution in [2.45, 2.75) is 97.3 Å². The molecule has 6 nitrogen and oxygen atoms in total. The first-order valence-corrected chi connectivity index (χ1v) is 14.0. The van der Waals surface area contributed by atoms with Crippen molar-refractivity contribution in [3.8, 4) is 0 Å². The molecule has 45 heavy (non-hydrogen) atoms. The Morgan fingerprint density at radius 1 is 0.778 bits per heavy atom. The molecule has 0 saturated heterocycles. The van der Waals surface area contributed by atoms with Gasteiger partial charge >= 0.3 is 30.7 Å². The molecule has 1 aliphatic heterocycles. The molecule has 3 rings (SSSR count). The van der Waals surface area contributed by atoms with Crippen molar-refractivity contribution in [1.82, 2.24) is 4.90 Å². The van der Waals surface area contributed by atoms with Gasteiger partial charge < -0.3 is 9.47 Å². The van der Waals surface area contributed by atoms with Crippen LogP contribution in [0.15, 0.2) is 36.4 Å². The molecule has 0 aromatic heterocycles. The standard InChI is InChI=1S/C30H33F9N2O4/c1-15(2)24-13-25(22-12-19(28(31,32)33)7-8-23(22)41(24)27(43)45-17(5)6)40(26(42)44-16(3)4)14-18-9-20(29(34,35)36)11-21(10-18)30(37,38)39/h7-12,15-17,24-25H,13-14H2,1-6H3. The largest absolute Gasteiger partial charge is 0.447 e. The van der Waals surface area contributed by atoms with Crippen molar-refractivity contribution in [1.29, 1.82) is 0 Å². The monoisotopic (exact) mass is 656 g/mol. The summed E-state index contributed by atoms with van der Waals surface area (Å²) in [6.07, 6.45) is -19.0. The first-order chi connectivity index (χ1) is 20.5. The highest BCUT2D eigenvalue weighted by atomic mass is 19.4. The molecule has 2 unspecified atom stereocenters. The fourth-order valence-corrected chi connectivity index (χ4v) is 5.09. The maximum absolute atomic E-state index is 13.9. The van der Waals surface area contributed by atoms with Crippen molar-refractivity contribution in [3.05, 3.63) is 64.2 Å². The first-order valence-electron chi connectivity index (χ1n) is 14.0. The van der Waals surface area contributed by atoms with Gasteiger partial charge in [0.05, 0.1) is 40.6 Å². The lowest BCUT2D eigenvalue weighted by Gasteiger charge is -2.45. The SMILES string of the molecule is CC(C)OC(=O)N(Cc1cc(C(F)(F)F)cc(C(F)(F)F)c1)C1CC(C(C)C)N(C(=O)OC(C)C)c2ccc(C(F)(F)F)cc21. The van der Waals surface area contributed by atoms with Gasteiger partial charge in [-0.3, -0.25) is 9.80 Å². The Labute approximate surface area is 254 Å². The summed E-state index contributed by atoms with van der Waals surface area (Å²) in [5, 5.41) is 0. The molecule has 2 amide bonds. The van der Waals surface area contributed by atoms with Crippen LogP contribution in [0, 0.1) is 5.92 Å². The number of alkyl halides is 9. The van der Waals surface area contributed by atoms with Crippen LogP contribution in [0.25, 0.3) is 0 Å². The topological polar surface area (TPSA) is 59.1 Å². The van der Waals surface area contributed by atoms with Crippen LogP contribution in [-0.2, 0) is 34.5 Å². The number of halogens is 9. The number of rotatable bonds is 6. The van der Waals surface area contributed by atoms with Gasteiger partial charge in [0, 0.05) is 12.6 Å². The van der Waals surface area contributed by atoms with E-state index < -0.39 is 89.7 Å². The Morgan fingerprint density at radius 3 is 1.73 bits per heavy atom. The number of ether oxygens (including phenoxy) is 2. The van der Waals surface area contributed by atoms with Crippen LogP contribution in [0.4, 0.5) is 54.8 Å². The molecular weight excluding hydrogens is 623 g/mol. The van der Waals surface area contributed by atoms with Crippen molar-refractivity contribution in [3.63, 3.8) is 0 Å². The molecule has 15 heteroatoms. The molecule has 0 fully saturated rings. The van der Waals surface area contributed by atoms with Gasteiger partial charge in [0.25, 0.3) is 0 Å². The molecule has 250 valence electrons. The molecule has 0 N–H and O–H groups in total. The maximum Gasteiger partial charge on any atom is 0.416 e. The Morgan fingerprint density at radius 2 is 1.29 bits per heavy atom. The highest BCUT2D eigenvalue weighted by Gasteiger charge is 2.45. The molecule has 0 spiro atoms. The van der Waals surface area contributed by atoms with E-state index >= 15 is 0 Å². The predicted molar refractivity (Wildman–Crippen MR) is 145 cm³/mol. The first kappa shape index (κ1) is 35.8. The van der Waals surface area contributed by atoms with E-state index in [2.05, 4.69) is 0 Å². The highest BCUT2D eigenvalue weighted by Crippen LogP contribution is 2.46. The fourth-order valence-electron chi connectivity index (χ4n) is 5.09. The number of anilines is 1. The molecule has 0 radical (unpaired) electrons. The predicted octanol–water partition coefficient (Wildman–Crippen LogP) is 9.61. The molecule has 0 bridgehead atoms. The zero-order valence-electron chi connectivity index (χ0n) is 25.2. The van der Waals surface area contributed by atoms with Gasteiger partial charge in [0.2, 0.25) is 0 Å². The van der Waals surface area contributed by atoms with Crippen molar-refractivity contribution in [2.24, 2.45) is 5.92 Å². The summed E-state index contributed by atoms with van der Waals surface area (Å²) in [4.78, 5) is 28.7. The molecular formula is C30H33F9N2O4. The number of amides is 2. The van der Waals surface area contributed by atoms with Gasteiger partial charge in [-0.2, -0.15) is 39.5 Å². The van der Waals surface area contributed by atoms with Gasteiger partial charge in [-0.1, -0.05) is 13.8 Å². The van der Waals surface area contributed by atoms with Crippen LogP contribution in [-0.4, -0.2) is 35.3 Å². The number of hydrogen-bond donors (Lipinski definition) is 0. The minimum Gasteiger partial charge on any atom is -0.447 e. The highest BCUT2D eigenvalue weighted by molar-refractivity contribution is 5.91. The summed E-state index contributed by atoms with van der Waals surface area (Å²) in [7, 11) is 0. The minimum absolute atomic E-state index is 0.0639. The molecule has 1 aliphatic rings. The molecule has 2 aromatic carbocycles. The van der Waals surface area contributed by atoms with E-state index in [4.69, 9.17) is 9.47 Å². The number of hydrogen-bond acceptors (Lipinski definition) is 4. The van der Waals surface area contributed by atoms with Crippen molar-refractivity contribution < 1.29 is 58.6 Å². The van der Waals surface area contributed by atoms with Gasteiger partial charge in [0.15, 0.2) is 0 Å². The van der Waals surface area contributed by atoms with Crippen LogP contribution in [0.2, 0.25) is 0 Å². The van der Waals surface area contributed by atoms with Gasteiger partial charge in [-0.25, -0.2) is 9.59 Å². The summed E-state index contributed by atoms with van der Waals surface area (Å²) < 4.78 is 134. The second-order valence-corrected chi connectivity index (χ2v) is 11.6. The third-order valence-corrected chi connectivity index (χ3v) is 7.02. The van der Waals surface area contributed by atoms with E-state index in [1.807, 2.05) is 0 Å². The third kappa shape index (κ3) is 8.54. The Balaban J connectivity index is 2.30. The van der Waals surface area contributed by atoms with Crippen LogP contribution in [0.3, 0.4) is 0 Å². The van der Waals surface area contributed by atoms with Crippen LogP contribution in [0.1, 0.15) is 81.8 Å². The van der Waals surface area contributed by atoms with E-state index in [1.54, 1.807) is 27.7 Å². The summed E-state index contributed by atoms with van der Waals surface area (Å²) in [6.45, 7) is 8.53. The normalized spacial score (nSPS) is 17.5. The minimum atomic E-state index is -5.18. The molecule has 2 atom stereocenters. The summed E-state index contributed by atoms with van der Waals surface area (Å²) >= 11 is 0. The fraction of sp³-hybridized carbons (Fsp3) is 0.533. The lowest BCUT2D eigenvalue weighted by molar-refractivity contribution is -0.143. The van der Waals surface area contributed by atoms with E-state index in [-0.39, 0.29) is 23.7 Å².